The number of allylic oxidation sites excluding steroid dienone is 1. The van der Waals surface area contributed by atoms with E-state index in [0.29, 0.717) is 29.6 Å². The highest BCUT2D eigenvalue weighted by Gasteiger charge is 2.41. The number of carbonyl (C=O) groups excluding carboxylic acids is 2. The third-order valence-electron chi connectivity index (χ3n) is 6.63. The van der Waals surface area contributed by atoms with Crippen molar-refractivity contribution in [3.8, 4) is 5.75 Å². The molecule has 2 atom stereocenters. The Hall–Kier alpha value is -2.78. The molecule has 3 aliphatic rings. The van der Waals surface area contributed by atoms with Crippen molar-refractivity contribution in [1.82, 2.24) is 15.1 Å². The lowest BCUT2D eigenvalue weighted by Gasteiger charge is -2.36. The molecule has 4 rings (SSSR count). The van der Waals surface area contributed by atoms with Crippen LogP contribution >= 0.6 is 11.8 Å². The lowest BCUT2D eigenvalue weighted by molar-refractivity contribution is -0.136. The van der Waals surface area contributed by atoms with E-state index in [1.807, 2.05) is 41.5 Å². The normalized spacial score (nSPS) is 22.3. The molecule has 1 N–H and O–H groups in total. The minimum atomic E-state index is -0.462. The zero-order chi connectivity index (χ0) is 24.2. The van der Waals surface area contributed by atoms with Gasteiger partial charge in [-0.2, -0.15) is 0 Å². The summed E-state index contributed by atoms with van der Waals surface area (Å²) in [4.78, 5) is 34.6. The Balaban J connectivity index is 1.54. The number of carbonyl (C=O) groups is 2. The molecule has 182 valence electrons. The molecule has 0 unspecified atom stereocenters. The molecule has 1 saturated heterocycles. The van der Waals surface area contributed by atoms with Crippen molar-refractivity contribution >= 4 is 28.8 Å². The molecular formula is C25H32N4O4S. The van der Waals surface area contributed by atoms with Crippen LogP contribution in [-0.2, 0) is 14.3 Å². The summed E-state index contributed by atoms with van der Waals surface area (Å²) in [5, 5.41) is 5.77. The number of nitrogens with zero attached hydrogens (tertiary/aromatic N) is 3. The average molecular weight is 485 g/mol. The zero-order valence-electron chi connectivity index (χ0n) is 20.2. The summed E-state index contributed by atoms with van der Waals surface area (Å²) in [6.45, 7) is 3.59. The third-order valence-corrected chi connectivity index (χ3v) is 7.52. The first-order chi connectivity index (χ1) is 16.4. The summed E-state index contributed by atoms with van der Waals surface area (Å²) >= 11 is 1.46. The van der Waals surface area contributed by atoms with Gasteiger partial charge in [0.05, 0.1) is 38.0 Å². The Kier molecular flexibility index (Phi) is 7.63. The SMILES string of the molecule is COC(=O)C1=C(C)N=C2SC=C(CC(=O)NCC[C@@H]3CCCN3C)N2[C@@H]1c1cccc(OC)c1. The first kappa shape index (κ1) is 24.3. The Morgan fingerprint density at radius 1 is 1.29 bits per heavy atom. The van der Waals surface area contributed by atoms with Crippen LogP contribution in [0.25, 0.3) is 0 Å². The first-order valence-corrected chi connectivity index (χ1v) is 12.4. The summed E-state index contributed by atoms with van der Waals surface area (Å²) in [5.41, 5.74) is 2.74. The van der Waals surface area contributed by atoms with Gasteiger partial charge in [0.1, 0.15) is 5.75 Å². The largest absolute Gasteiger partial charge is 0.497 e. The molecule has 1 aromatic rings. The molecule has 1 aromatic carbocycles. The molecule has 0 aliphatic carbocycles. The van der Waals surface area contributed by atoms with Crippen LogP contribution in [0.2, 0.25) is 0 Å². The quantitative estimate of drug-likeness (QED) is 0.566. The second-order valence-corrected chi connectivity index (χ2v) is 9.59. The van der Waals surface area contributed by atoms with Crippen LogP contribution in [0.1, 0.15) is 44.2 Å². The number of hydrogen-bond donors (Lipinski definition) is 1. The molecular weight excluding hydrogens is 452 g/mol. The predicted octanol–water partition coefficient (Wildman–Crippen LogP) is 3.43. The number of rotatable bonds is 8. The Morgan fingerprint density at radius 2 is 2.12 bits per heavy atom. The summed E-state index contributed by atoms with van der Waals surface area (Å²) in [6.07, 6.45) is 3.57. The number of thioether (sulfide) groups is 1. The Morgan fingerprint density at radius 3 is 2.82 bits per heavy atom. The molecule has 0 spiro atoms. The number of esters is 1. The molecule has 1 fully saturated rings. The van der Waals surface area contributed by atoms with Crippen molar-refractivity contribution < 1.29 is 19.1 Å². The van der Waals surface area contributed by atoms with Gasteiger partial charge in [-0.1, -0.05) is 23.9 Å². The van der Waals surface area contributed by atoms with Gasteiger partial charge in [0.2, 0.25) is 5.91 Å². The van der Waals surface area contributed by atoms with E-state index >= 15 is 0 Å². The molecule has 0 bridgehead atoms. The van der Waals surface area contributed by atoms with Gasteiger partial charge in [-0.3, -0.25) is 4.79 Å². The molecule has 34 heavy (non-hydrogen) atoms. The van der Waals surface area contributed by atoms with E-state index in [4.69, 9.17) is 9.47 Å². The van der Waals surface area contributed by atoms with Gasteiger partial charge in [-0.05, 0) is 62.9 Å². The lowest BCUT2D eigenvalue weighted by Crippen LogP contribution is -2.38. The van der Waals surface area contributed by atoms with E-state index < -0.39 is 12.0 Å². The zero-order valence-corrected chi connectivity index (χ0v) is 21.0. The number of nitrogens with one attached hydrogen (secondary N) is 1. The van der Waals surface area contributed by atoms with Gasteiger partial charge in [-0.25, -0.2) is 9.79 Å². The molecule has 0 saturated carbocycles. The highest BCUT2D eigenvalue weighted by atomic mass is 32.2. The molecule has 3 aliphatic heterocycles. The van der Waals surface area contributed by atoms with Crippen molar-refractivity contribution in [3.05, 3.63) is 52.2 Å². The fourth-order valence-electron chi connectivity index (χ4n) is 4.82. The lowest BCUT2D eigenvalue weighted by atomic mass is 9.93. The van der Waals surface area contributed by atoms with Crippen molar-refractivity contribution in [2.45, 2.75) is 44.7 Å². The first-order valence-electron chi connectivity index (χ1n) is 11.6. The van der Waals surface area contributed by atoms with Crippen LogP contribution in [-0.4, -0.2) is 67.2 Å². The minimum Gasteiger partial charge on any atom is -0.497 e. The van der Waals surface area contributed by atoms with Crippen LogP contribution in [0.15, 0.2) is 51.6 Å². The number of likely N-dealkylation sites (tertiary alicyclic amines) is 1. The van der Waals surface area contributed by atoms with Crippen molar-refractivity contribution in [1.29, 1.82) is 0 Å². The van der Waals surface area contributed by atoms with Crippen molar-refractivity contribution in [2.24, 2.45) is 4.99 Å². The average Bonchev–Trinajstić information content (AvgIpc) is 3.43. The number of hydrogen-bond acceptors (Lipinski definition) is 8. The topological polar surface area (TPSA) is 83.5 Å². The second-order valence-electron chi connectivity index (χ2n) is 8.75. The number of methoxy groups -OCH3 is 2. The van der Waals surface area contributed by atoms with E-state index in [1.165, 1.54) is 31.7 Å². The van der Waals surface area contributed by atoms with E-state index in [2.05, 4.69) is 22.3 Å². The molecule has 0 aromatic heterocycles. The van der Waals surface area contributed by atoms with Gasteiger partial charge in [0, 0.05) is 18.3 Å². The summed E-state index contributed by atoms with van der Waals surface area (Å²) in [5.74, 6) is 0.217. The van der Waals surface area contributed by atoms with Gasteiger partial charge in [0.25, 0.3) is 0 Å². The van der Waals surface area contributed by atoms with Crippen molar-refractivity contribution in [3.63, 3.8) is 0 Å². The van der Waals surface area contributed by atoms with Crippen molar-refractivity contribution in [2.75, 3.05) is 34.4 Å². The van der Waals surface area contributed by atoms with E-state index in [0.717, 1.165) is 29.4 Å². The number of benzene rings is 1. The highest BCUT2D eigenvalue weighted by molar-refractivity contribution is 8.16. The number of ether oxygens (including phenoxy) is 2. The van der Waals surface area contributed by atoms with E-state index in [9.17, 15) is 9.59 Å². The maximum absolute atomic E-state index is 12.8. The Bertz CT molecular complexity index is 1050. The summed E-state index contributed by atoms with van der Waals surface area (Å²) in [6, 6.07) is 7.68. The monoisotopic (exact) mass is 484 g/mol. The number of aliphatic imine (C=N–C) groups is 1. The maximum atomic E-state index is 12.8. The van der Waals surface area contributed by atoms with Crippen LogP contribution in [0, 0.1) is 0 Å². The third kappa shape index (κ3) is 5.00. The summed E-state index contributed by atoms with van der Waals surface area (Å²) < 4.78 is 10.5. The highest BCUT2D eigenvalue weighted by Crippen LogP contribution is 2.45. The minimum absolute atomic E-state index is 0.0379. The van der Waals surface area contributed by atoms with Gasteiger partial charge < -0.3 is 24.6 Å². The van der Waals surface area contributed by atoms with Crippen LogP contribution in [0.5, 0.6) is 5.75 Å². The standard InChI is InChI=1S/C25H32N4O4S/c1-16-22(24(31)33-4)23(17-7-5-9-20(13-17)32-3)29-19(15-34-25(29)27-16)14-21(30)26-11-10-18-8-6-12-28(18)2/h5,7,9,13,15,18,23H,6,8,10-12,14H2,1-4H3,(H,26,30)/t18-,23+/m0/s1. The van der Waals surface area contributed by atoms with Gasteiger partial charge in [0.15, 0.2) is 5.17 Å². The number of amidine groups is 1. The predicted molar refractivity (Wildman–Crippen MR) is 133 cm³/mol. The van der Waals surface area contributed by atoms with Crippen LogP contribution in [0.4, 0.5) is 0 Å². The molecule has 8 nitrogen and oxygen atoms in total. The fraction of sp³-hybridized carbons (Fsp3) is 0.480. The summed E-state index contributed by atoms with van der Waals surface area (Å²) in [7, 11) is 5.12. The van der Waals surface area contributed by atoms with Crippen LogP contribution in [0.3, 0.4) is 0 Å². The van der Waals surface area contributed by atoms with Crippen LogP contribution < -0.4 is 10.1 Å². The second kappa shape index (κ2) is 10.7. The van der Waals surface area contributed by atoms with Gasteiger partial charge in [-0.15, -0.1) is 0 Å². The fourth-order valence-corrected chi connectivity index (χ4v) is 5.78. The molecule has 1 amide bonds. The van der Waals surface area contributed by atoms with E-state index in [-0.39, 0.29) is 12.3 Å². The molecule has 0 radical (unpaired) electrons. The smallest absolute Gasteiger partial charge is 0.338 e. The van der Waals surface area contributed by atoms with Gasteiger partial charge >= 0.3 is 5.97 Å². The number of amides is 1. The Labute approximate surface area is 205 Å². The molecule has 3 heterocycles. The van der Waals surface area contributed by atoms with E-state index in [1.54, 1.807) is 7.11 Å². The molecule has 9 heteroatoms. The number of fused-ring (bicyclic) bond motifs is 1. The maximum Gasteiger partial charge on any atom is 0.338 e.